The van der Waals surface area contributed by atoms with Crippen molar-refractivity contribution in [3.05, 3.63) is 70.2 Å². The average molecular weight is 338 g/mol. The second kappa shape index (κ2) is 7.55. The van der Waals surface area contributed by atoms with Gasteiger partial charge in [-0.05, 0) is 30.0 Å². The molecule has 0 aliphatic heterocycles. The fourth-order valence-corrected chi connectivity index (χ4v) is 2.60. The first-order valence-corrected chi connectivity index (χ1v) is 7.76. The van der Waals surface area contributed by atoms with Gasteiger partial charge in [-0.25, -0.2) is 8.78 Å². The van der Waals surface area contributed by atoms with Crippen molar-refractivity contribution in [3.63, 3.8) is 0 Å². The lowest BCUT2D eigenvalue weighted by Crippen LogP contribution is -2.30. The lowest BCUT2D eigenvalue weighted by molar-refractivity contribution is 0.0931. The van der Waals surface area contributed by atoms with E-state index in [1.54, 1.807) is 0 Å². The van der Waals surface area contributed by atoms with Crippen molar-refractivity contribution in [1.29, 1.82) is 0 Å². The predicted molar refractivity (Wildman–Crippen MR) is 87.5 cm³/mol. The molecule has 0 bridgehead atoms. The van der Waals surface area contributed by atoms with Gasteiger partial charge in [-0.1, -0.05) is 55.8 Å². The minimum atomic E-state index is -1.10. The summed E-state index contributed by atoms with van der Waals surface area (Å²) in [6.07, 6.45) is 0.719. The van der Waals surface area contributed by atoms with Crippen LogP contribution < -0.4 is 5.32 Å². The van der Waals surface area contributed by atoms with Crippen LogP contribution in [-0.2, 0) is 0 Å². The summed E-state index contributed by atoms with van der Waals surface area (Å²) in [5.74, 6) is -2.35. The quantitative estimate of drug-likeness (QED) is 0.752. The third kappa shape index (κ3) is 4.52. The van der Waals surface area contributed by atoms with Crippen LogP contribution in [-0.4, -0.2) is 5.91 Å². The van der Waals surface area contributed by atoms with Crippen LogP contribution in [0.2, 0.25) is 5.02 Å². The summed E-state index contributed by atoms with van der Waals surface area (Å²) in [6.45, 7) is 4.10. The highest BCUT2D eigenvalue weighted by molar-refractivity contribution is 6.33. The molecule has 0 aromatic heterocycles. The fourth-order valence-electron chi connectivity index (χ4n) is 2.37. The summed E-state index contributed by atoms with van der Waals surface area (Å²) in [4.78, 5) is 12.4. The first-order chi connectivity index (χ1) is 10.9. The van der Waals surface area contributed by atoms with Gasteiger partial charge in [0.15, 0.2) is 11.6 Å². The van der Waals surface area contributed by atoms with Crippen LogP contribution in [0, 0.1) is 17.6 Å². The number of rotatable bonds is 5. The third-order valence-corrected chi connectivity index (χ3v) is 3.78. The Hall–Kier alpha value is -1.94. The van der Waals surface area contributed by atoms with Gasteiger partial charge in [0.2, 0.25) is 0 Å². The van der Waals surface area contributed by atoms with E-state index in [1.165, 1.54) is 0 Å². The molecule has 2 aromatic carbocycles. The average Bonchev–Trinajstić information content (AvgIpc) is 2.50. The van der Waals surface area contributed by atoms with Crippen molar-refractivity contribution >= 4 is 17.5 Å². The Kier molecular flexibility index (Phi) is 5.72. The summed E-state index contributed by atoms with van der Waals surface area (Å²) in [6, 6.07) is 10.9. The molecule has 0 radical (unpaired) electrons. The van der Waals surface area contributed by atoms with Crippen molar-refractivity contribution in [1.82, 2.24) is 5.32 Å². The van der Waals surface area contributed by atoms with E-state index < -0.39 is 17.5 Å². The molecule has 2 aromatic rings. The van der Waals surface area contributed by atoms with E-state index in [0.29, 0.717) is 5.92 Å². The maximum Gasteiger partial charge on any atom is 0.253 e. The monoisotopic (exact) mass is 337 g/mol. The van der Waals surface area contributed by atoms with Crippen LogP contribution in [0.1, 0.15) is 42.2 Å². The summed E-state index contributed by atoms with van der Waals surface area (Å²) in [5, 5.41) is 2.74. The second-order valence-corrected chi connectivity index (χ2v) is 6.22. The first-order valence-electron chi connectivity index (χ1n) is 7.39. The van der Waals surface area contributed by atoms with E-state index in [9.17, 15) is 13.6 Å². The van der Waals surface area contributed by atoms with Crippen LogP contribution in [0.3, 0.4) is 0 Å². The van der Waals surface area contributed by atoms with Crippen molar-refractivity contribution in [2.75, 3.05) is 0 Å². The molecule has 0 heterocycles. The first kappa shape index (κ1) is 17.4. The number of hydrogen-bond donors (Lipinski definition) is 1. The van der Waals surface area contributed by atoms with E-state index in [-0.39, 0.29) is 16.6 Å². The van der Waals surface area contributed by atoms with Gasteiger partial charge in [-0.15, -0.1) is 0 Å². The molecule has 0 aliphatic rings. The maximum absolute atomic E-state index is 13.4. The molecule has 0 unspecified atom stereocenters. The SMILES string of the molecule is CC(C)C[C@H](NC(=O)c1cc(F)c(F)cc1Cl)c1ccccc1. The van der Waals surface area contributed by atoms with Gasteiger partial charge in [0.25, 0.3) is 5.91 Å². The van der Waals surface area contributed by atoms with E-state index in [0.717, 1.165) is 24.1 Å². The molecule has 0 saturated carbocycles. The molecule has 0 spiro atoms. The summed E-state index contributed by atoms with van der Waals surface area (Å²) < 4.78 is 26.5. The van der Waals surface area contributed by atoms with Gasteiger partial charge < -0.3 is 5.32 Å². The zero-order chi connectivity index (χ0) is 17.0. The van der Waals surface area contributed by atoms with Gasteiger partial charge in [-0.2, -0.15) is 0 Å². The fraction of sp³-hybridized carbons (Fsp3) is 0.278. The number of hydrogen-bond acceptors (Lipinski definition) is 1. The predicted octanol–water partition coefficient (Wildman–Crippen LogP) is 5.14. The number of carbonyl (C=O) groups excluding carboxylic acids is 1. The van der Waals surface area contributed by atoms with Gasteiger partial charge >= 0.3 is 0 Å². The van der Waals surface area contributed by atoms with Crippen LogP contribution >= 0.6 is 11.6 Å². The van der Waals surface area contributed by atoms with E-state index >= 15 is 0 Å². The number of nitrogens with one attached hydrogen (secondary N) is 1. The minimum absolute atomic E-state index is 0.0738. The molecule has 23 heavy (non-hydrogen) atoms. The highest BCUT2D eigenvalue weighted by atomic mass is 35.5. The Morgan fingerprint density at radius 2 is 1.74 bits per heavy atom. The Morgan fingerprint density at radius 1 is 1.13 bits per heavy atom. The van der Waals surface area contributed by atoms with Crippen LogP contribution in [0.25, 0.3) is 0 Å². The van der Waals surface area contributed by atoms with Gasteiger partial charge in [0.1, 0.15) is 0 Å². The lowest BCUT2D eigenvalue weighted by atomic mass is 9.96. The van der Waals surface area contributed by atoms with Gasteiger partial charge in [0, 0.05) is 0 Å². The van der Waals surface area contributed by atoms with Crippen LogP contribution in [0.15, 0.2) is 42.5 Å². The lowest BCUT2D eigenvalue weighted by Gasteiger charge is -2.21. The molecule has 2 nitrogen and oxygen atoms in total. The Balaban J connectivity index is 2.26. The molecular weight excluding hydrogens is 320 g/mol. The third-order valence-electron chi connectivity index (χ3n) is 3.47. The second-order valence-electron chi connectivity index (χ2n) is 5.81. The topological polar surface area (TPSA) is 29.1 Å². The van der Waals surface area contributed by atoms with Gasteiger partial charge in [-0.3, -0.25) is 4.79 Å². The van der Waals surface area contributed by atoms with E-state index in [4.69, 9.17) is 11.6 Å². The molecule has 122 valence electrons. The maximum atomic E-state index is 13.4. The number of carbonyl (C=O) groups is 1. The standard InChI is InChI=1S/C18H18ClF2NO/c1-11(2)8-17(12-6-4-3-5-7-12)22-18(23)13-9-15(20)16(21)10-14(13)19/h3-7,9-11,17H,8H2,1-2H3,(H,22,23)/t17-/m0/s1. The molecule has 5 heteroatoms. The number of benzene rings is 2. The molecule has 2 rings (SSSR count). The molecule has 1 atom stereocenters. The largest absolute Gasteiger partial charge is 0.345 e. The molecule has 0 fully saturated rings. The molecule has 1 N–H and O–H groups in total. The number of amides is 1. The highest BCUT2D eigenvalue weighted by Gasteiger charge is 2.20. The van der Waals surface area contributed by atoms with Crippen LogP contribution in [0.4, 0.5) is 8.78 Å². The highest BCUT2D eigenvalue weighted by Crippen LogP contribution is 2.24. The summed E-state index contributed by atoms with van der Waals surface area (Å²) >= 11 is 5.86. The molecule has 0 saturated heterocycles. The summed E-state index contributed by atoms with van der Waals surface area (Å²) in [7, 11) is 0. The Labute approximate surface area is 139 Å². The molecular formula is C18H18ClF2NO. The van der Waals surface area contributed by atoms with Crippen molar-refractivity contribution in [2.45, 2.75) is 26.3 Å². The zero-order valence-electron chi connectivity index (χ0n) is 12.9. The minimum Gasteiger partial charge on any atom is -0.345 e. The number of halogens is 3. The van der Waals surface area contributed by atoms with Crippen molar-refractivity contribution in [2.24, 2.45) is 5.92 Å². The molecule has 0 aliphatic carbocycles. The Morgan fingerprint density at radius 3 is 2.35 bits per heavy atom. The Bertz CT molecular complexity index is 689. The van der Waals surface area contributed by atoms with E-state index in [2.05, 4.69) is 5.32 Å². The summed E-state index contributed by atoms with van der Waals surface area (Å²) in [5.41, 5.74) is 0.878. The van der Waals surface area contributed by atoms with Gasteiger partial charge in [0.05, 0.1) is 16.6 Å². The smallest absolute Gasteiger partial charge is 0.253 e. The van der Waals surface area contributed by atoms with Crippen molar-refractivity contribution in [3.8, 4) is 0 Å². The normalized spacial score (nSPS) is 12.3. The van der Waals surface area contributed by atoms with E-state index in [1.807, 2.05) is 44.2 Å². The van der Waals surface area contributed by atoms with Crippen molar-refractivity contribution < 1.29 is 13.6 Å². The molecule has 1 amide bonds. The van der Waals surface area contributed by atoms with Crippen LogP contribution in [0.5, 0.6) is 0 Å². The zero-order valence-corrected chi connectivity index (χ0v) is 13.7.